The van der Waals surface area contributed by atoms with Gasteiger partial charge in [0.05, 0.1) is 6.04 Å². The number of hydrogen-bond acceptors (Lipinski definition) is 2. The second-order valence-electron chi connectivity index (χ2n) is 5.27. The highest BCUT2D eigenvalue weighted by molar-refractivity contribution is 5.82. The van der Waals surface area contributed by atoms with Gasteiger partial charge in [-0.1, -0.05) is 47.5 Å². The number of nitrogens with one attached hydrogen (secondary N) is 1. The van der Waals surface area contributed by atoms with Gasteiger partial charge in [0.15, 0.2) is 0 Å². The molecule has 3 heteroatoms. The van der Waals surface area contributed by atoms with E-state index >= 15 is 0 Å². The van der Waals surface area contributed by atoms with Crippen LogP contribution in [0.3, 0.4) is 0 Å². The summed E-state index contributed by atoms with van der Waals surface area (Å²) >= 11 is 0. The number of carbonyl (C=O) groups excluding carboxylic acids is 1. The smallest absolute Gasteiger partial charge is 0.237 e. The quantitative estimate of drug-likeness (QED) is 0.734. The van der Waals surface area contributed by atoms with E-state index in [1.165, 1.54) is 0 Å². The zero-order valence-electron chi connectivity index (χ0n) is 10.8. The maximum Gasteiger partial charge on any atom is 0.237 e. The van der Waals surface area contributed by atoms with Gasteiger partial charge in [0, 0.05) is 6.54 Å². The molecule has 0 aromatic rings. The van der Waals surface area contributed by atoms with E-state index in [1.807, 2.05) is 20.8 Å². The minimum atomic E-state index is -0.424. The number of carbonyl (C=O) groups is 1. The van der Waals surface area contributed by atoms with Crippen LogP contribution in [0.5, 0.6) is 0 Å². The lowest BCUT2D eigenvalue weighted by molar-refractivity contribution is -0.124. The SMILES string of the molecule is CCC(CC)CNC(=O)[C@@H](N)C(C)(C)C. The minimum Gasteiger partial charge on any atom is -0.354 e. The van der Waals surface area contributed by atoms with Crippen molar-refractivity contribution in [2.45, 2.75) is 53.5 Å². The van der Waals surface area contributed by atoms with Crippen LogP contribution in [0, 0.1) is 11.3 Å². The van der Waals surface area contributed by atoms with Gasteiger partial charge in [0.1, 0.15) is 0 Å². The van der Waals surface area contributed by atoms with Crippen LogP contribution in [0.15, 0.2) is 0 Å². The van der Waals surface area contributed by atoms with Crippen molar-refractivity contribution in [2.24, 2.45) is 17.1 Å². The van der Waals surface area contributed by atoms with Gasteiger partial charge < -0.3 is 11.1 Å². The molecule has 0 rings (SSSR count). The van der Waals surface area contributed by atoms with Crippen molar-refractivity contribution in [1.29, 1.82) is 0 Å². The molecule has 0 aliphatic carbocycles. The first-order valence-corrected chi connectivity index (χ1v) is 5.86. The maximum absolute atomic E-state index is 11.7. The van der Waals surface area contributed by atoms with Gasteiger partial charge in [-0.3, -0.25) is 4.79 Å². The van der Waals surface area contributed by atoms with Crippen LogP contribution in [-0.2, 0) is 4.79 Å². The Labute approximate surface area is 93.8 Å². The monoisotopic (exact) mass is 214 g/mol. The lowest BCUT2D eigenvalue weighted by Crippen LogP contribution is -2.49. The Hall–Kier alpha value is -0.570. The van der Waals surface area contributed by atoms with E-state index in [4.69, 9.17) is 5.73 Å². The van der Waals surface area contributed by atoms with Crippen LogP contribution in [0.4, 0.5) is 0 Å². The summed E-state index contributed by atoms with van der Waals surface area (Å²) in [5.74, 6) is 0.538. The van der Waals surface area contributed by atoms with E-state index < -0.39 is 6.04 Å². The van der Waals surface area contributed by atoms with Crippen LogP contribution in [0.25, 0.3) is 0 Å². The van der Waals surface area contributed by atoms with Crippen LogP contribution in [0.1, 0.15) is 47.5 Å². The second-order valence-corrected chi connectivity index (χ2v) is 5.27. The summed E-state index contributed by atoms with van der Waals surface area (Å²) in [5.41, 5.74) is 5.68. The summed E-state index contributed by atoms with van der Waals surface area (Å²) in [6, 6.07) is -0.424. The summed E-state index contributed by atoms with van der Waals surface area (Å²) in [5, 5.41) is 2.93. The molecule has 15 heavy (non-hydrogen) atoms. The molecule has 0 saturated carbocycles. The molecule has 0 aliphatic heterocycles. The largest absolute Gasteiger partial charge is 0.354 e. The molecule has 1 amide bonds. The van der Waals surface area contributed by atoms with Crippen LogP contribution >= 0.6 is 0 Å². The van der Waals surface area contributed by atoms with Gasteiger partial charge in [-0.2, -0.15) is 0 Å². The van der Waals surface area contributed by atoms with E-state index in [0.717, 1.165) is 19.4 Å². The van der Waals surface area contributed by atoms with Gasteiger partial charge in [-0.15, -0.1) is 0 Å². The van der Waals surface area contributed by atoms with Gasteiger partial charge in [0.25, 0.3) is 0 Å². The van der Waals surface area contributed by atoms with E-state index in [-0.39, 0.29) is 11.3 Å². The Bertz CT molecular complexity index is 192. The van der Waals surface area contributed by atoms with E-state index in [9.17, 15) is 4.79 Å². The van der Waals surface area contributed by atoms with Crippen molar-refractivity contribution >= 4 is 5.91 Å². The molecule has 0 spiro atoms. The third-order valence-corrected chi connectivity index (χ3v) is 2.94. The number of nitrogens with two attached hydrogens (primary N) is 1. The predicted octanol–water partition coefficient (Wildman–Crippen LogP) is 1.91. The molecule has 0 heterocycles. The molecule has 0 fully saturated rings. The summed E-state index contributed by atoms with van der Waals surface area (Å²) in [6.45, 7) is 11.0. The third kappa shape index (κ3) is 5.17. The zero-order chi connectivity index (χ0) is 12.1. The fourth-order valence-corrected chi connectivity index (χ4v) is 1.33. The maximum atomic E-state index is 11.7. The Balaban J connectivity index is 4.04. The molecule has 0 unspecified atom stereocenters. The minimum absolute atomic E-state index is 0.0330. The number of hydrogen-bond donors (Lipinski definition) is 2. The summed E-state index contributed by atoms with van der Waals surface area (Å²) in [4.78, 5) is 11.7. The highest BCUT2D eigenvalue weighted by atomic mass is 16.2. The fourth-order valence-electron chi connectivity index (χ4n) is 1.33. The molecule has 0 aliphatic rings. The first-order valence-electron chi connectivity index (χ1n) is 5.86. The predicted molar refractivity (Wildman–Crippen MR) is 64.5 cm³/mol. The molecule has 0 saturated heterocycles. The standard InChI is InChI=1S/C12H26N2O/c1-6-9(7-2)8-14-11(15)10(13)12(3,4)5/h9-10H,6-8,13H2,1-5H3,(H,14,15)/t10-/m1/s1. The van der Waals surface area contributed by atoms with E-state index in [0.29, 0.717) is 5.92 Å². The second kappa shape index (κ2) is 6.11. The molecular weight excluding hydrogens is 188 g/mol. The lowest BCUT2D eigenvalue weighted by atomic mass is 9.87. The topological polar surface area (TPSA) is 55.1 Å². The van der Waals surface area contributed by atoms with Gasteiger partial charge in [-0.05, 0) is 11.3 Å². The van der Waals surface area contributed by atoms with Crippen molar-refractivity contribution in [3.05, 3.63) is 0 Å². The summed E-state index contributed by atoms with van der Waals surface area (Å²) in [6.07, 6.45) is 2.20. The first-order chi connectivity index (χ1) is 6.82. The highest BCUT2D eigenvalue weighted by Crippen LogP contribution is 2.17. The Kier molecular flexibility index (Phi) is 5.88. The zero-order valence-corrected chi connectivity index (χ0v) is 10.8. The summed E-state index contributed by atoms with van der Waals surface area (Å²) in [7, 11) is 0. The molecule has 3 N–H and O–H groups in total. The fraction of sp³-hybridized carbons (Fsp3) is 0.917. The molecule has 0 aromatic heterocycles. The highest BCUT2D eigenvalue weighted by Gasteiger charge is 2.27. The summed E-state index contributed by atoms with van der Waals surface area (Å²) < 4.78 is 0. The molecular formula is C12H26N2O. The average Bonchev–Trinajstić information content (AvgIpc) is 2.16. The normalized spacial score (nSPS) is 14.1. The Morgan fingerprint density at radius 3 is 2.07 bits per heavy atom. The molecule has 0 radical (unpaired) electrons. The van der Waals surface area contributed by atoms with Crippen molar-refractivity contribution in [1.82, 2.24) is 5.32 Å². The molecule has 3 nitrogen and oxygen atoms in total. The number of rotatable bonds is 5. The molecule has 0 aromatic carbocycles. The molecule has 1 atom stereocenters. The lowest BCUT2D eigenvalue weighted by Gasteiger charge is -2.26. The Morgan fingerprint density at radius 2 is 1.73 bits per heavy atom. The van der Waals surface area contributed by atoms with Gasteiger partial charge in [0.2, 0.25) is 5.91 Å². The van der Waals surface area contributed by atoms with E-state index in [2.05, 4.69) is 19.2 Å². The third-order valence-electron chi connectivity index (χ3n) is 2.94. The van der Waals surface area contributed by atoms with E-state index in [1.54, 1.807) is 0 Å². The van der Waals surface area contributed by atoms with Crippen molar-refractivity contribution in [3.8, 4) is 0 Å². The molecule has 0 bridgehead atoms. The van der Waals surface area contributed by atoms with Gasteiger partial charge in [-0.25, -0.2) is 0 Å². The van der Waals surface area contributed by atoms with Crippen molar-refractivity contribution < 1.29 is 4.79 Å². The van der Waals surface area contributed by atoms with Crippen molar-refractivity contribution in [3.63, 3.8) is 0 Å². The van der Waals surface area contributed by atoms with Crippen LogP contribution < -0.4 is 11.1 Å². The average molecular weight is 214 g/mol. The molecule has 90 valence electrons. The first kappa shape index (κ1) is 14.4. The van der Waals surface area contributed by atoms with Crippen LogP contribution in [0.2, 0.25) is 0 Å². The van der Waals surface area contributed by atoms with Gasteiger partial charge >= 0.3 is 0 Å². The Morgan fingerprint density at radius 1 is 1.27 bits per heavy atom. The van der Waals surface area contributed by atoms with Crippen molar-refractivity contribution in [2.75, 3.05) is 6.54 Å². The van der Waals surface area contributed by atoms with Crippen LogP contribution in [-0.4, -0.2) is 18.5 Å². The number of amides is 1.